The van der Waals surface area contributed by atoms with E-state index in [4.69, 9.17) is 4.74 Å². The van der Waals surface area contributed by atoms with Crippen molar-refractivity contribution in [2.24, 2.45) is 4.99 Å². The predicted octanol–water partition coefficient (Wildman–Crippen LogP) is 3.80. The fourth-order valence-corrected chi connectivity index (χ4v) is 2.77. The highest BCUT2D eigenvalue weighted by Gasteiger charge is 2.27. The van der Waals surface area contributed by atoms with Crippen molar-refractivity contribution >= 4 is 29.1 Å². The third-order valence-corrected chi connectivity index (χ3v) is 4.06. The lowest BCUT2D eigenvalue weighted by Gasteiger charge is -2.15. The minimum absolute atomic E-state index is 0.177. The number of carbonyl (C=O) groups excluding carboxylic acids is 2. The van der Waals surface area contributed by atoms with Gasteiger partial charge in [0.25, 0.3) is 5.91 Å². The summed E-state index contributed by atoms with van der Waals surface area (Å²) in [6.07, 6.45) is 0.544. The zero-order chi connectivity index (χ0) is 19.2. The first-order valence-corrected chi connectivity index (χ1v) is 8.85. The summed E-state index contributed by atoms with van der Waals surface area (Å²) in [6.45, 7) is 3.89. The summed E-state index contributed by atoms with van der Waals surface area (Å²) in [7, 11) is 0. The van der Waals surface area contributed by atoms with Gasteiger partial charge in [-0.3, -0.25) is 4.79 Å². The molecule has 2 N–H and O–H groups in total. The van der Waals surface area contributed by atoms with Crippen LogP contribution in [0.15, 0.2) is 70.9 Å². The summed E-state index contributed by atoms with van der Waals surface area (Å²) in [5.74, 6) is -0.690. The molecule has 27 heavy (non-hydrogen) atoms. The van der Waals surface area contributed by atoms with Gasteiger partial charge in [0.2, 0.25) is 0 Å². The number of para-hydroxylation sites is 2. The second-order valence-electron chi connectivity index (χ2n) is 5.85. The molecule has 0 fully saturated rings. The van der Waals surface area contributed by atoms with Gasteiger partial charge in [0.15, 0.2) is 0 Å². The summed E-state index contributed by atoms with van der Waals surface area (Å²) in [6, 6.07) is 16.2. The molecule has 0 saturated heterocycles. The van der Waals surface area contributed by atoms with E-state index in [0.29, 0.717) is 23.4 Å². The van der Waals surface area contributed by atoms with Gasteiger partial charge >= 0.3 is 5.97 Å². The Hall–Kier alpha value is -3.41. The zero-order valence-corrected chi connectivity index (χ0v) is 15.3. The highest BCUT2D eigenvalue weighted by atomic mass is 16.5. The topological polar surface area (TPSA) is 79.8 Å². The van der Waals surface area contributed by atoms with Gasteiger partial charge in [-0.25, -0.2) is 9.79 Å². The Bertz CT molecular complexity index is 917. The average Bonchev–Trinajstić information content (AvgIpc) is 2.85. The number of allylic oxidation sites excluding steroid dienone is 1. The highest BCUT2D eigenvalue weighted by molar-refractivity contribution is 6.25. The number of ether oxygens (including phenoxy) is 1. The molecule has 0 bridgehead atoms. The lowest BCUT2D eigenvalue weighted by molar-refractivity contribution is -0.137. The van der Waals surface area contributed by atoms with Crippen LogP contribution in [-0.4, -0.2) is 24.3 Å². The fourth-order valence-electron chi connectivity index (χ4n) is 2.77. The van der Waals surface area contributed by atoms with Crippen LogP contribution >= 0.6 is 0 Å². The molecule has 0 saturated carbocycles. The first-order valence-electron chi connectivity index (χ1n) is 8.85. The first kappa shape index (κ1) is 18.4. The molecular weight excluding hydrogens is 342 g/mol. The Morgan fingerprint density at radius 1 is 1.04 bits per heavy atom. The summed E-state index contributed by atoms with van der Waals surface area (Å²) >= 11 is 0. The lowest BCUT2D eigenvalue weighted by atomic mass is 10.1. The molecule has 0 aliphatic carbocycles. The maximum absolute atomic E-state index is 12.7. The number of benzene rings is 2. The summed E-state index contributed by atoms with van der Waals surface area (Å²) in [5, 5.41) is 6.04. The van der Waals surface area contributed by atoms with Crippen LogP contribution in [0.25, 0.3) is 0 Å². The van der Waals surface area contributed by atoms with Gasteiger partial charge in [0.05, 0.1) is 18.0 Å². The number of hydrogen-bond donors (Lipinski definition) is 2. The molecule has 0 radical (unpaired) electrons. The van der Waals surface area contributed by atoms with Crippen LogP contribution in [0.5, 0.6) is 0 Å². The molecule has 0 atom stereocenters. The van der Waals surface area contributed by atoms with Crippen molar-refractivity contribution in [3.63, 3.8) is 0 Å². The third-order valence-electron chi connectivity index (χ3n) is 4.06. The van der Waals surface area contributed by atoms with Gasteiger partial charge in [-0.1, -0.05) is 37.3 Å². The Balaban J connectivity index is 2.07. The Kier molecular flexibility index (Phi) is 5.66. The van der Waals surface area contributed by atoms with E-state index in [1.165, 1.54) is 0 Å². The number of esters is 1. The van der Waals surface area contributed by atoms with Gasteiger partial charge in [-0.2, -0.15) is 0 Å². The molecule has 0 unspecified atom stereocenters. The largest absolute Gasteiger partial charge is 0.462 e. The third kappa shape index (κ3) is 4.06. The van der Waals surface area contributed by atoms with Gasteiger partial charge in [0, 0.05) is 11.3 Å². The molecule has 1 aliphatic rings. The number of nitrogens with one attached hydrogen (secondary N) is 2. The first-order chi connectivity index (χ1) is 13.1. The van der Waals surface area contributed by atoms with Crippen molar-refractivity contribution in [3.05, 3.63) is 71.4 Å². The molecule has 1 aliphatic heterocycles. The molecular formula is C21H21N3O3. The second kappa shape index (κ2) is 8.31. The van der Waals surface area contributed by atoms with Crippen LogP contribution in [0.1, 0.15) is 30.6 Å². The number of amides is 1. The quantitative estimate of drug-likeness (QED) is 0.810. The number of fused-ring (bicyclic) bond motifs is 1. The van der Waals surface area contributed by atoms with E-state index in [9.17, 15) is 9.59 Å². The summed E-state index contributed by atoms with van der Waals surface area (Å²) in [5.41, 5.74) is 2.75. The number of nitrogens with zero attached hydrogens (tertiary/aromatic N) is 1. The number of aliphatic imine (C=N–C) groups is 1. The van der Waals surface area contributed by atoms with E-state index in [-0.39, 0.29) is 23.9 Å². The van der Waals surface area contributed by atoms with Crippen molar-refractivity contribution < 1.29 is 14.3 Å². The van der Waals surface area contributed by atoms with Crippen molar-refractivity contribution in [2.75, 3.05) is 11.9 Å². The number of amidine groups is 1. The summed E-state index contributed by atoms with van der Waals surface area (Å²) in [4.78, 5) is 29.9. The Morgan fingerprint density at radius 2 is 1.74 bits per heavy atom. The zero-order valence-electron chi connectivity index (χ0n) is 15.3. The predicted molar refractivity (Wildman–Crippen MR) is 105 cm³/mol. The van der Waals surface area contributed by atoms with Crippen LogP contribution in [0, 0.1) is 0 Å². The normalized spacial score (nSPS) is 13.0. The smallest absolute Gasteiger partial charge is 0.343 e. The highest BCUT2D eigenvalue weighted by Crippen LogP contribution is 2.31. The molecule has 0 aromatic heterocycles. The van der Waals surface area contributed by atoms with Gasteiger partial charge in [-0.05, 0) is 37.6 Å². The van der Waals surface area contributed by atoms with Crippen molar-refractivity contribution in [1.82, 2.24) is 5.32 Å². The molecule has 0 spiro atoms. The standard InChI is InChI=1S/C21H21N3O3/c1-3-15-18(21(26)27-4-2)19(23-17-13-9-8-12-16(17)22-15)24-20(25)14-10-6-5-7-11-14/h5-13,22H,3-4H2,1-2H3,(H,23,24,25). The number of anilines is 1. The minimum atomic E-state index is -0.526. The number of rotatable bonds is 4. The molecule has 2 aromatic rings. The van der Waals surface area contributed by atoms with E-state index in [1.807, 2.05) is 37.3 Å². The summed E-state index contributed by atoms with van der Waals surface area (Å²) < 4.78 is 5.22. The van der Waals surface area contributed by atoms with Crippen LogP contribution in [-0.2, 0) is 9.53 Å². The van der Waals surface area contributed by atoms with E-state index < -0.39 is 5.97 Å². The molecule has 6 heteroatoms. The lowest BCUT2D eigenvalue weighted by Crippen LogP contribution is -2.35. The van der Waals surface area contributed by atoms with E-state index in [0.717, 1.165) is 5.69 Å². The number of hydrogen-bond acceptors (Lipinski definition) is 5. The van der Waals surface area contributed by atoms with E-state index >= 15 is 0 Å². The molecule has 1 amide bonds. The molecule has 3 rings (SSSR count). The molecule has 6 nitrogen and oxygen atoms in total. The maximum Gasteiger partial charge on any atom is 0.343 e. The fraction of sp³-hybridized carbons (Fsp3) is 0.190. The van der Waals surface area contributed by atoms with Crippen LogP contribution in [0.3, 0.4) is 0 Å². The monoisotopic (exact) mass is 363 g/mol. The van der Waals surface area contributed by atoms with Gasteiger partial charge in [-0.15, -0.1) is 0 Å². The SMILES string of the molecule is CCOC(=O)C1=C(CC)Nc2ccccc2N=C1NC(=O)c1ccccc1. The van der Waals surface area contributed by atoms with Crippen LogP contribution in [0.2, 0.25) is 0 Å². The second-order valence-corrected chi connectivity index (χ2v) is 5.85. The van der Waals surface area contributed by atoms with Gasteiger partial charge in [0.1, 0.15) is 11.4 Å². The van der Waals surface area contributed by atoms with E-state index in [2.05, 4.69) is 15.6 Å². The Morgan fingerprint density at radius 3 is 2.44 bits per heavy atom. The van der Waals surface area contributed by atoms with E-state index in [1.54, 1.807) is 31.2 Å². The van der Waals surface area contributed by atoms with Crippen LogP contribution in [0.4, 0.5) is 11.4 Å². The van der Waals surface area contributed by atoms with Crippen LogP contribution < -0.4 is 10.6 Å². The average molecular weight is 363 g/mol. The number of carbonyl (C=O) groups is 2. The van der Waals surface area contributed by atoms with Gasteiger partial charge < -0.3 is 15.4 Å². The Labute approximate surface area is 158 Å². The maximum atomic E-state index is 12.7. The van der Waals surface area contributed by atoms with Crippen molar-refractivity contribution in [2.45, 2.75) is 20.3 Å². The molecule has 2 aromatic carbocycles. The molecule has 138 valence electrons. The minimum Gasteiger partial charge on any atom is -0.462 e. The van der Waals surface area contributed by atoms with Crippen molar-refractivity contribution in [3.8, 4) is 0 Å². The van der Waals surface area contributed by atoms with Crippen molar-refractivity contribution in [1.29, 1.82) is 0 Å². The molecule has 1 heterocycles.